The number of sulfonamides is 1. The van der Waals surface area contributed by atoms with E-state index in [4.69, 9.17) is 0 Å². The highest BCUT2D eigenvalue weighted by molar-refractivity contribution is 7.90. The van der Waals surface area contributed by atoms with Gasteiger partial charge in [0.2, 0.25) is 10.0 Å². The fraction of sp³-hybridized carbons (Fsp3) is 0.833. The molecule has 1 rings (SSSR count). The maximum atomic E-state index is 11.1. The van der Waals surface area contributed by atoms with E-state index < -0.39 is 10.0 Å². The van der Waals surface area contributed by atoms with Crippen molar-refractivity contribution >= 4 is 15.8 Å². The van der Waals surface area contributed by atoms with Gasteiger partial charge in [0.05, 0.1) is 6.54 Å². The van der Waals surface area contributed by atoms with Crippen LogP contribution in [0.1, 0.15) is 13.3 Å². The number of hydrogen-bond donors (Lipinski definition) is 0. The molecule has 0 aromatic heterocycles. The summed E-state index contributed by atoms with van der Waals surface area (Å²) in [5.41, 5.74) is 0. The number of hydrogen-bond acceptors (Lipinski definition) is 3. The molecule has 0 saturated carbocycles. The highest BCUT2D eigenvalue weighted by atomic mass is 32.2. The second-order valence-corrected chi connectivity index (χ2v) is 4.60. The third-order valence-corrected chi connectivity index (χ3v) is 3.35. The summed E-state index contributed by atoms with van der Waals surface area (Å²) < 4.78 is 23.4. The van der Waals surface area contributed by atoms with Gasteiger partial charge in [-0.15, -0.1) is 0 Å². The topological polar surface area (TPSA) is 54.5 Å². The first-order valence-electron chi connectivity index (χ1n) is 3.56. The van der Waals surface area contributed by atoms with Crippen LogP contribution in [0.25, 0.3) is 0 Å². The maximum absolute atomic E-state index is 11.1. The molecule has 4 nitrogen and oxygen atoms in total. The SMILES string of the molecule is CCCN1CC(=O)CS1(=O)=O. The molecule has 0 unspecified atom stereocenters. The van der Waals surface area contributed by atoms with Crippen LogP contribution in [0.3, 0.4) is 0 Å². The molecule has 0 N–H and O–H groups in total. The van der Waals surface area contributed by atoms with E-state index in [1.165, 1.54) is 4.31 Å². The standard InChI is InChI=1S/C6H11NO3S/c1-2-3-7-4-6(8)5-11(7,9)10/h2-5H2,1H3. The minimum atomic E-state index is -3.21. The molecule has 0 aromatic rings. The number of ketones is 1. The Kier molecular flexibility index (Phi) is 2.29. The lowest BCUT2D eigenvalue weighted by Crippen LogP contribution is -2.26. The monoisotopic (exact) mass is 177 g/mol. The van der Waals surface area contributed by atoms with E-state index in [1.807, 2.05) is 6.92 Å². The van der Waals surface area contributed by atoms with Gasteiger partial charge in [-0.3, -0.25) is 4.79 Å². The highest BCUT2D eigenvalue weighted by Crippen LogP contribution is 2.10. The van der Waals surface area contributed by atoms with Crippen molar-refractivity contribution < 1.29 is 13.2 Å². The molecule has 1 aliphatic rings. The Balaban J connectivity index is 2.74. The number of rotatable bonds is 2. The molecule has 1 aliphatic heterocycles. The zero-order valence-corrected chi connectivity index (χ0v) is 7.23. The van der Waals surface area contributed by atoms with E-state index >= 15 is 0 Å². The molecule has 5 heteroatoms. The Morgan fingerprint density at radius 1 is 1.55 bits per heavy atom. The molecule has 1 heterocycles. The summed E-state index contributed by atoms with van der Waals surface area (Å²) in [6.07, 6.45) is 0.756. The zero-order chi connectivity index (χ0) is 8.48. The first-order valence-corrected chi connectivity index (χ1v) is 5.16. The molecule has 0 spiro atoms. The van der Waals surface area contributed by atoms with Crippen molar-refractivity contribution in [1.82, 2.24) is 4.31 Å². The fourth-order valence-electron chi connectivity index (χ4n) is 1.10. The van der Waals surface area contributed by atoms with Crippen LogP contribution in [-0.2, 0) is 14.8 Å². The van der Waals surface area contributed by atoms with Gasteiger partial charge < -0.3 is 0 Å². The summed E-state index contributed by atoms with van der Waals surface area (Å²) in [5, 5.41) is 0. The lowest BCUT2D eigenvalue weighted by molar-refractivity contribution is -0.115. The van der Waals surface area contributed by atoms with Crippen LogP contribution in [0.5, 0.6) is 0 Å². The van der Waals surface area contributed by atoms with Gasteiger partial charge in [0.15, 0.2) is 5.78 Å². The number of carbonyl (C=O) groups excluding carboxylic acids is 1. The van der Waals surface area contributed by atoms with Crippen LogP contribution in [0.15, 0.2) is 0 Å². The predicted octanol–water partition coefficient (Wildman–Crippen LogP) is -0.389. The van der Waals surface area contributed by atoms with Crippen LogP contribution in [0.4, 0.5) is 0 Å². The zero-order valence-electron chi connectivity index (χ0n) is 6.41. The van der Waals surface area contributed by atoms with Gasteiger partial charge in [0, 0.05) is 6.54 Å². The number of nitrogens with zero attached hydrogens (tertiary/aromatic N) is 1. The Morgan fingerprint density at radius 3 is 2.55 bits per heavy atom. The molecule has 1 saturated heterocycles. The van der Waals surface area contributed by atoms with Crippen LogP contribution in [-0.4, -0.2) is 37.3 Å². The molecular formula is C6H11NO3S. The van der Waals surface area contributed by atoms with Crippen molar-refractivity contribution in [3.05, 3.63) is 0 Å². The Hall–Kier alpha value is -0.420. The van der Waals surface area contributed by atoms with Gasteiger partial charge in [-0.25, -0.2) is 8.42 Å². The lowest BCUT2D eigenvalue weighted by atomic mass is 10.4. The van der Waals surface area contributed by atoms with E-state index in [2.05, 4.69) is 0 Å². The van der Waals surface area contributed by atoms with E-state index in [9.17, 15) is 13.2 Å². The third-order valence-electron chi connectivity index (χ3n) is 1.56. The molecule has 0 atom stereocenters. The van der Waals surface area contributed by atoms with E-state index in [-0.39, 0.29) is 18.1 Å². The Labute approximate surface area is 66.2 Å². The van der Waals surface area contributed by atoms with Crippen molar-refractivity contribution in [2.75, 3.05) is 18.8 Å². The van der Waals surface area contributed by atoms with Crippen molar-refractivity contribution in [3.63, 3.8) is 0 Å². The molecule has 0 bridgehead atoms. The minimum Gasteiger partial charge on any atom is -0.297 e. The minimum absolute atomic E-state index is 0.0795. The summed E-state index contributed by atoms with van der Waals surface area (Å²) >= 11 is 0. The summed E-state index contributed by atoms with van der Waals surface area (Å²) in [6.45, 7) is 2.43. The van der Waals surface area contributed by atoms with Crippen LogP contribution >= 0.6 is 0 Å². The molecule has 11 heavy (non-hydrogen) atoms. The third kappa shape index (κ3) is 1.78. The van der Waals surface area contributed by atoms with E-state index in [0.29, 0.717) is 6.54 Å². The molecule has 0 aromatic carbocycles. The Bertz CT molecular complexity index is 257. The van der Waals surface area contributed by atoms with Gasteiger partial charge in [-0.05, 0) is 6.42 Å². The summed E-state index contributed by atoms with van der Waals surface area (Å²) in [4.78, 5) is 10.7. The first kappa shape index (κ1) is 8.67. The van der Waals surface area contributed by atoms with Crippen LogP contribution in [0, 0.1) is 0 Å². The molecule has 0 radical (unpaired) electrons. The maximum Gasteiger partial charge on any atom is 0.221 e. The first-order chi connectivity index (χ1) is 5.06. The molecule has 0 amide bonds. The Morgan fingerprint density at radius 2 is 2.18 bits per heavy atom. The molecule has 0 aliphatic carbocycles. The second kappa shape index (κ2) is 2.91. The summed E-state index contributed by atoms with van der Waals surface area (Å²) in [5.74, 6) is -0.494. The molecule has 1 fully saturated rings. The van der Waals surface area contributed by atoms with Crippen molar-refractivity contribution in [2.24, 2.45) is 0 Å². The van der Waals surface area contributed by atoms with Gasteiger partial charge in [-0.1, -0.05) is 6.92 Å². The van der Waals surface area contributed by atoms with Gasteiger partial charge >= 0.3 is 0 Å². The average Bonchev–Trinajstić information content (AvgIpc) is 2.07. The second-order valence-electron chi connectivity index (χ2n) is 2.63. The van der Waals surface area contributed by atoms with E-state index in [1.54, 1.807) is 0 Å². The van der Waals surface area contributed by atoms with Crippen LogP contribution in [0.2, 0.25) is 0 Å². The highest BCUT2D eigenvalue weighted by Gasteiger charge is 2.33. The quantitative estimate of drug-likeness (QED) is 0.577. The van der Waals surface area contributed by atoms with E-state index in [0.717, 1.165) is 6.42 Å². The van der Waals surface area contributed by atoms with Crippen molar-refractivity contribution in [3.8, 4) is 0 Å². The smallest absolute Gasteiger partial charge is 0.221 e. The predicted molar refractivity (Wildman–Crippen MR) is 40.7 cm³/mol. The van der Waals surface area contributed by atoms with Gasteiger partial charge in [0.25, 0.3) is 0 Å². The van der Waals surface area contributed by atoms with Crippen LogP contribution < -0.4 is 0 Å². The van der Waals surface area contributed by atoms with Gasteiger partial charge in [-0.2, -0.15) is 4.31 Å². The largest absolute Gasteiger partial charge is 0.297 e. The van der Waals surface area contributed by atoms with Gasteiger partial charge in [0.1, 0.15) is 5.75 Å². The average molecular weight is 177 g/mol. The fourth-order valence-corrected chi connectivity index (χ4v) is 2.59. The molecular weight excluding hydrogens is 166 g/mol. The number of Topliss-reactive ketones (excluding diaryl/α,β-unsaturated/α-hetero) is 1. The number of carbonyl (C=O) groups is 1. The summed E-state index contributed by atoms with van der Waals surface area (Å²) in [6, 6.07) is 0. The van der Waals surface area contributed by atoms with Crippen molar-refractivity contribution in [1.29, 1.82) is 0 Å². The normalized spacial score (nSPS) is 24.3. The lowest BCUT2D eigenvalue weighted by Gasteiger charge is -2.10. The van der Waals surface area contributed by atoms with Crippen molar-refractivity contribution in [2.45, 2.75) is 13.3 Å². The summed E-state index contributed by atoms with van der Waals surface area (Å²) in [7, 11) is -3.21. The molecule has 64 valence electrons.